The van der Waals surface area contributed by atoms with E-state index < -0.39 is 0 Å². The monoisotopic (exact) mass is 282 g/mol. The van der Waals surface area contributed by atoms with Gasteiger partial charge in [0, 0.05) is 24.9 Å². The van der Waals surface area contributed by atoms with Gasteiger partial charge in [-0.2, -0.15) is 0 Å². The Balaban J connectivity index is 1.75. The van der Waals surface area contributed by atoms with Crippen molar-refractivity contribution < 1.29 is 4.74 Å². The average molecular weight is 282 g/mol. The fourth-order valence-corrected chi connectivity index (χ4v) is 4.09. The summed E-state index contributed by atoms with van der Waals surface area (Å²) in [5, 5.41) is 10.7. The van der Waals surface area contributed by atoms with Crippen LogP contribution in [0.3, 0.4) is 0 Å². The summed E-state index contributed by atoms with van der Waals surface area (Å²) in [4.78, 5) is 2.29. The Hall–Kier alpha value is -0.750. The summed E-state index contributed by atoms with van der Waals surface area (Å²) < 4.78 is 7.66. The maximum absolute atomic E-state index is 5.40. The topological polar surface area (TPSA) is 43.2 Å². The van der Waals surface area contributed by atoms with Gasteiger partial charge < -0.3 is 9.64 Å². The molecule has 1 saturated carbocycles. The van der Waals surface area contributed by atoms with E-state index >= 15 is 0 Å². The first-order chi connectivity index (χ1) is 9.38. The van der Waals surface area contributed by atoms with Crippen molar-refractivity contribution in [1.29, 1.82) is 0 Å². The van der Waals surface area contributed by atoms with Gasteiger partial charge in [-0.1, -0.05) is 24.6 Å². The summed E-state index contributed by atoms with van der Waals surface area (Å²) in [5.41, 5.74) is 0. The molecule has 0 atom stereocenters. The number of ether oxygens (including phenoxy) is 1. The Morgan fingerprint density at radius 1 is 1.21 bits per heavy atom. The molecule has 2 heterocycles. The van der Waals surface area contributed by atoms with Gasteiger partial charge in [-0.05, 0) is 19.8 Å². The molecule has 1 aromatic rings. The maximum atomic E-state index is 5.40. The molecule has 0 spiro atoms. The fourth-order valence-electron chi connectivity index (χ4n) is 2.80. The van der Waals surface area contributed by atoms with Crippen molar-refractivity contribution in [3.8, 4) is 0 Å². The number of nitrogens with zero attached hydrogens (tertiary/aromatic N) is 4. The molecule has 106 valence electrons. The summed E-state index contributed by atoms with van der Waals surface area (Å²) in [6.45, 7) is 6.54. The zero-order valence-corrected chi connectivity index (χ0v) is 12.4. The normalized spacial score (nSPS) is 21.2. The fraction of sp³-hybridized carbons (Fsp3) is 0.846. The Morgan fingerprint density at radius 3 is 2.63 bits per heavy atom. The van der Waals surface area contributed by atoms with Crippen LogP contribution >= 0.6 is 11.8 Å². The van der Waals surface area contributed by atoms with Gasteiger partial charge >= 0.3 is 0 Å². The Bertz CT molecular complexity index is 411. The number of aromatic nitrogens is 3. The molecule has 0 radical (unpaired) electrons. The lowest BCUT2D eigenvalue weighted by Crippen LogP contribution is -2.38. The Morgan fingerprint density at radius 2 is 1.95 bits per heavy atom. The average Bonchev–Trinajstić information content (AvgIpc) is 3.09. The smallest absolute Gasteiger partial charge is 0.228 e. The van der Waals surface area contributed by atoms with Crippen LogP contribution in [-0.4, -0.2) is 46.3 Å². The lowest BCUT2D eigenvalue weighted by Gasteiger charge is -2.27. The molecule has 0 unspecified atom stereocenters. The van der Waals surface area contributed by atoms with Gasteiger partial charge in [0.15, 0.2) is 5.16 Å². The van der Waals surface area contributed by atoms with Crippen molar-refractivity contribution in [2.75, 3.05) is 31.2 Å². The van der Waals surface area contributed by atoms with Crippen LogP contribution < -0.4 is 4.90 Å². The standard InChI is InChI=1S/C13H22N4OS/c1-2-17-12(16-7-9-18-10-8-16)14-15-13(17)19-11-5-3-4-6-11/h11H,2-10H2,1H3. The van der Waals surface area contributed by atoms with Crippen molar-refractivity contribution >= 4 is 17.7 Å². The van der Waals surface area contributed by atoms with Crippen molar-refractivity contribution in [2.24, 2.45) is 0 Å². The first-order valence-electron chi connectivity index (χ1n) is 7.31. The molecular weight excluding hydrogens is 260 g/mol. The van der Waals surface area contributed by atoms with E-state index in [1.54, 1.807) is 0 Å². The van der Waals surface area contributed by atoms with Crippen LogP contribution in [0.4, 0.5) is 5.95 Å². The van der Waals surface area contributed by atoms with Gasteiger partial charge in [0.25, 0.3) is 0 Å². The minimum absolute atomic E-state index is 0.743. The molecule has 6 heteroatoms. The number of thioether (sulfide) groups is 1. The highest BCUT2D eigenvalue weighted by Crippen LogP contribution is 2.35. The molecule has 0 aromatic carbocycles. The van der Waals surface area contributed by atoms with Crippen molar-refractivity contribution in [2.45, 2.75) is 49.6 Å². The number of anilines is 1. The highest BCUT2D eigenvalue weighted by atomic mass is 32.2. The largest absolute Gasteiger partial charge is 0.378 e. The zero-order valence-electron chi connectivity index (χ0n) is 11.5. The highest BCUT2D eigenvalue weighted by Gasteiger charge is 2.23. The molecule has 2 aliphatic rings. The molecule has 2 fully saturated rings. The zero-order chi connectivity index (χ0) is 13.1. The van der Waals surface area contributed by atoms with Gasteiger partial charge in [-0.15, -0.1) is 10.2 Å². The van der Waals surface area contributed by atoms with Crippen LogP contribution in [0.1, 0.15) is 32.6 Å². The third-order valence-electron chi connectivity index (χ3n) is 3.88. The number of hydrogen-bond donors (Lipinski definition) is 0. The molecule has 0 bridgehead atoms. The van der Waals surface area contributed by atoms with E-state index in [1.165, 1.54) is 25.7 Å². The predicted molar refractivity (Wildman–Crippen MR) is 76.8 cm³/mol. The van der Waals surface area contributed by atoms with Crippen molar-refractivity contribution in [1.82, 2.24) is 14.8 Å². The van der Waals surface area contributed by atoms with Gasteiger partial charge in [-0.3, -0.25) is 4.57 Å². The van der Waals surface area contributed by atoms with Crippen LogP contribution in [0, 0.1) is 0 Å². The molecule has 1 aromatic heterocycles. The molecule has 0 N–H and O–H groups in total. The quantitative estimate of drug-likeness (QED) is 0.847. The van der Waals surface area contributed by atoms with E-state index in [0.29, 0.717) is 0 Å². The number of morpholine rings is 1. The lowest BCUT2D eigenvalue weighted by molar-refractivity contribution is 0.121. The van der Waals surface area contributed by atoms with E-state index in [4.69, 9.17) is 4.74 Å². The second kappa shape index (κ2) is 6.13. The van der Waals surface area contributed by atoms with E-state index in [1.807, 2.05) is 11.8 Å². The highest BCUT2D eigenvalue weighted by molar-refractivity contribution is 7.99. The van der Waals surface area contributed by atoms with Crippen LogP contribution in [0.2, 0.25) is 0 Å². The summed E-state index contributed by atoms with van der Waals surface area (Å²) in [6, 6.07) is 0. The van der Waals surface area contributed by atoms with Crippen molar-refractivity contribution in [3.63, 3.8) is 0 Å². The minimum atomic E-state index is 0.743. The van der Waals surface area contributed by atoms with E-state index in [2.05, 4.69) is 26.6 Å². The molecule has 1 aliphatic heterocycles. The van der Waals surface area contributed by atoms with Crippen LogP contribution in [-0.2, 0) is 11.3 Å². The van der Waals surface area contributed by atoms with E-state index in [9.17, 15) is 0 Å². The maximum Gasteiger partial charge on any atom is 0.228 e. The Kier molecular flexibility index (Phi) is 4.28. The van der Waals surface area contributed by atoms with Gasteiger partial charge in [0.2, 0.25) is 5.95 Å². The molecular formula is C13H22N4OS. The van der Waals surface area contributed by atoms with E-state index in [-0.39, 0.29) is 0 Å². The minimum Gasteiger partial charge on any atom is -0.378 e. The number of rotatable bonds is 4. The predicted octanol–water partition coefficient (Wildman–Crippen LogP) is 2.17. The second-order valence-electron chi connectivity index (χ2n) is 5.15. The van der Waals surface area contributed by atoms with Crippen LogP contribution in [0.5, 0.6) is 0 Å². The summed E-state index contributed by atoms with van der Waals surface area (Å²) in [7, 11) is 0. The van der Waals surface area contributed by atoms with Crippen LogP contribution in [0.15, 0.2) is 5.16 Å². The molecule has 3 rings (SSSR count). The number of hydrogen-bond acceptors (Lipinski definition) is 5. The Labute approximate surface area is 118 Å². The SMILES string of the molecule is CCn1c(SC2CCCC2)nnc1N1CCOCC1. The summed E-state index contributed by atoms with van der Waals surface area (Å²) in [6.07, 6.45) is 5.39. The lowest BCUT2D eigenvalue weighted by atomic mass is 10.4. The summed E-state index contributed by atoms with van der Waals surface area (Å²) in [5.74, 6) is 1.02. The van der Waals surface area contributed by atoms with Crippen LogP contribution in [0.25, 0.3) is 0 Å². The van der Waals surface area contributed by atoms with Crippen molar-refractivity contribution in [3.05, 3.63) is 0 Å². The first kappa shape index (κ1) is 13.2. The third-order valence-corrected chi connectivity index (χ3v) is 5.20. The molecule has 5 nitrogen and oxygen atoms in total. The van der Waals surface area contributed by atoms with E-state index in [0.717, 1.165) is 49.2 Å². The second-order valence-corrected chi connectivity index (χ2v) is 6.42. The van der Waals surface area contributed by atoms with Gasteiger partial charge in [-0.25, -0.2) is 0 Å². The van der Waals surface area contributed by atoms with Gasteiger partial charge in [0.1, 0.15) is 0 Å². The molecule has 1 aliphatic carbocycles. The third kappa shape index (κ3) is 2.89. The molecule has 0 amide bonds. The molecule has 19 heavy (non-hydrogen) atoms. The summed E-state index contributed by atoms with van der Waals surface area (Å²) >= 11 is 1.92. The molecule has 1 saturated heterocycles. The van der Waals surface area contributed by atoms with Gasteiger partial charge in [0.05, 0.1) is 13.2 Å². The first-order valence-corrected chi connectivity index (χ1v) is 8.19.